The van der Waals surface area contributed by atoms with Crippen LogP contribution in [0.25, 0.3) is 0 Å². The van der Waals surface area contributed by atoms with Gasteiger partial charge in [-0.3, -0.25) is 0 Å². The van der Waals surface area contributed by atoms with Crippen molar-refractivity contribution in [3.8, 4) is 5.75 Å². The molecular weight excluding hydrogens is 358 g/mol. The van der Waals surface area contributed by atoms with Crippen LogP contribution in [0.4, 0.5) is 5.69 Å². The Labute approximate surface area is 153 Å². The highest BCUT2D eigenvalue weighted by Gasteiger charge is 2.22. The third-order valence-corrected chi connectivity index (χ3v) is 5.56. The first-order chi connectivity index (χ1) is 11.8. The summed E-state index contributed by atoms with van der Waals surface area (Å²) >= 11 is 5.27. The molecule has 0 radical (unpaired) electrons. The number of benzene rings is 2. The average Bonchev–Trinajstić information content (AvgIpc) is 2.60. The van der Waals surface area contributed by atoms with Crippen molar-refractivity contribution in [2.24, 2.45) is 0 Å². The second kappa shape index (κ2) is 8.28. The molecule has 0 bridgehead atoms. The number of sulfonamides is 1. The second-order valence-electron chi connectivity index (χ2n) is 5.45. The van der Waals surface area contributed by atoms with Gasteiger partial charge in [0.2, 0.25) is 10.0 Å². The first-order valence-electron chi connectivity index (χ1n) is 7.54. The highest BCUT2D eigenvalue weighted by atomic mass is 32.2. The Morgan fingerprint density at radius 1 is 1.16 bits per heavy atom. The molecule has 0 amide bonds. The molecule has 6 nitrogen and oxygen atoms in total. The quantitative estimate of drug-likeness (QED) is 0.751. The maximum atomic E-state index is 12.4. The number of hydrogen-bond donors (Lipinski definition) is 2. The lowest BCUT2D eigenvalue weighted by Gasteiger charge is -2.16. The Bertz CT molecular complexity index is 837. The number of nitrogens with zero attached hydrogens (tertiary/aromatic N) is 1. The van der Waals surface area contributed by atoms with Crippen LogP contribution in [0.2, 0.25) is 0 Å². The third kappa shape index (κ3) is 4.91. The van der Waals surface area contributed by atoms with Gasteiger partial charge in [0.1, 0.15) is 10.6 Å². The number of thiocarbonyl (C=S) groups is 1. The predicted octanol–water partition coefficient (Wildman–Crippen LogP) is 2.43. The van der Waals surface area contributed by atoms with Crippen molar-refractivity contribution >= 4 is 33.0 Å². The minimum atomic E-state index is -3.63. The van der Waals surface area contributed by atoms with E-state index < -0.39 is 10.0 Å². The number of methoxy groups -OCH3 is 1. The Kier molecular flexibility index (Phi) is 6.35. The summed E-state index contributed by atoms with van der Waals surface area (Å²) in [6.45, 7) is 0.575. The highest BCUT2D eigenvalue weighted by Crippen LogP contribution is 2.28. The van der Waals surface area contributed by atoms with E-state index in [1.54, 1.807) is 12.1 Å². The van der Waals surface area contributed by atoms with Gasteiger partial charge < -0.3 is 15.4 Å². The Morgan fingerprint density at radius 3 is 2.44 bits per heavy atom. The molecule has 0 aliphatic heterocycles. The summed E-state index contributed by atoms with van der Waals surface area (Å²) in [5, 5.41) is 6.49. The van der Waals surface area contributed by atoms with Gasteiger partial charge in [-0.15, -0.1) is 0 Å². The second-order valence-corrected chi connectivity index (χ2v) is 7.97. The fourth-order valence-electron chi connectivity index (χ4n) is 2.11. The van der Waals surface area contributed by atoms with E-state index in [0.717, 1.165) is 9.87 Å². The zero-order valence-electron chi connectivity index (χ0n) is 14.3. The first kappa shape index (κ1) is 19.2. The molecule has 0 aromatic heterocycles. The van der Waals surface area contributed by atoms with E-state index >= 15 is 0 Å². The summed E-state index contributed by atoms with van der Waals surface area (Å²) in [6.07, 6.45) is 0. The number of nitrogens with one attached hydrogen (secondary N) is 2. The summed E-state index contributed by atoms with van der Waals surface area (Å²) in [7, 11) is 0.751. The summed E-state index contributed by atoms with van der Waals surface area (Å²) in [5.41, 5.74) is 1.66. The fourth-order valence-corrected chi connectivity index (χ4v) is 3.37. The first-order valence-corrected chi connectivity index (χ1v) is 9.39. The van der Waals surface area contributed by atoms with E-state index in [9.17, 15) is 8.42 Å². The molecule has 25 heavy (non-hydrogen) atoms. The van der Waals surface area contributed by atoms with Crippen molar-refractivity contribution in [2.75, 3.05) is 26.5 Å². The average molecular weight is 380 g/mol. The molecule has 134 valence electrons. The summed E-state index contributed by atoms with van der Waals surface area (Å²) in [6, 6.07) is 14.7. The van der Waals surface area contributed by atoms with Crippen LogP contribution in [0.1, 0.15) is 5.56 Å². The number of anilines is 1. The lowest BCUT2D eigenvalue weighted by Crippen LogP contribution is -2.28. The molecule has 0 aliphatic carbocycles. The largest absolute Gasteiger partial charge is 0.495 e. The molecule has 2 N–H and O–H groups in total. The van der Waals surface area contributed by atoms with Crippen LogP contribution >= 0.6 is 12.2 Å². The van der Waals surface area contributed by atoms with Gasteiger partial charge in [0.25, 0.3) is 0 Å². The molecule has 0 spiro atoms. The van der Waals surface area contributed by atoms with E-state index in [4.69, 9.17) is 17.0 Å². The molecule has 2 aromatic carbocycles. The Balaban J connectivity index is 2.13. The molecule has 0 saturated carbocycles. The standard InChI is InChI=1S/C17H21N3O3S2/c1-20(2)25(21,22)16-11-14(9-10-15(16)23-3)19-17(24)18-12-13-7-5-4-6-8-13/h4-11H,12H2,1-3H3,(H2,18,19,24). The van der Waals surface area contributed by atoms with Gasteiger partial charge in [0.05, 0.1) is 7.11 Å². The van der Waals surface area contributed by atoms with Crippen LogP contribution in [-0.2, 0) is 16.6 Å². The lowest BCUT2D eigenvalue weighted by atomic mass is 10.2. The van der Waals surface area contributed by atoms with Crippen LogP contribution in [0, 0.1) is 0 Å². The van der Waals surface area contributed by atoms with Crippen LogP contribution in [-0.4, -0.2) is 39.0 Å². The van der Waals surface area contributed by atoms with Crippen molar-refractivity contribution in [1.82, 2.24) is 9.62 Å². The van der Waals surface area contributed by atoms with Crippen LogP contribution in [0.15, 0.2) is 53.4 Å². The van der Waals surface area contributed by atoms with E-state index in [-0.39, 0.29) is 10.6 Å². The Hall–Kier alpha value is -2.16. The summed E-state index contributed by atoms with van der Waals surface area (Å²) < 4.78 is 31.2. The third-order valence-electron chi connectivity index (χ3n) is 3.48. The zero-order chi connectivity index (χ0) is 18.4. The van der Waals surface area contributed by atoms with Crippen molar-refractivity contribution in [3.05, 3.63) is 54.1 Å². The minimum Gasteiger partial charge on any atom is -0.495 e. The van der Waals surface area contributed by atoms with E-state index in [1.165, 1.54) is 27.3 Å². The highest BCUT2D eigenvalue weighted by molar-refractivity contribution is 7.89. The van der Waals surface area contributed by atoms with Crippen molar-refractivity contribution in [1.29, 1.82) is 0 Å². The monoisotopic (exact) mass is 379 g/mol. The molecular formula is C17H21N3O3S2. The summed E-state index contributed by atoms with van der Waals surface area (Å²) in [5.74, 6) is 0.280. The van der Waals surface area contributed by atoms with Gasteiger partial charge >= 0.3 is 0 Å². The molecule has 0 heterocycles. The normalized spacial score (nSPS) is 11.2. The summed E-state index contributed by atoms with van der Waals surface area (Å²) in [4.78, 5) is 0.0795. The number of hydrogen-bond acceptors (Lipinski definition) is 4. The van der Waals surface area contributed by atoms with Crippen LogP contribution in [0.5, 0.6) is 5.75 Å². The van der Waals surface area contributed by atoms with Gasteiger partial charge in [-0.1, -0.05) is 30.3 Å². The van der Waals surface area contributed by atoms with Crippen LogP contribution in [0.3, 0.4) is 0 Å². The van der Waals surface area contributed by atoms with Gasteiger partial charge in [-0.25, -0.2) is 12.7 Å². The maximum absolute atomic E-state index is 12.4. The minimum absolute atomic E-state index is 0.0795. The molecule has 2 rings (SSSR count). The number of rotatable bonds is 6. The molecule has 0 aliphatic rings. The molecule has 2 aromatic rings. The van der Waals surface area contributed by atoms with Crippen LogP contribution < -0.4 is 15.4 Å². The van der Waals surface area contributed by atoms with E-state index in [2.05, 4.69) is 10.6 Å². The van der Waals surface area contributed by atoms with E-state index in [0.29, 0.717) is 17.3 Å². The van der Waals surface area contributed by atoms with Crippen molar-refractivity contribution in [3.63, 3.8) is 0 Å². The molecule has 0 saturated heterocycles. The van der Waals surface area contributed by atoms with Gasteiger partial charge in [-0.2, -0.15) is 0 Å². The van der Waals surface area contributed by atoms with Gasteiger partial charge in [0, 0.05) is 26.3 Å². The molecule has 0 unspecified atom stereocenters. The molecule has 0 atom stereocenters. The van der Waals surface area contributed by atoms with Gasteiger partial charge in [0.15, 0.2) is 5.11 Å². The molecule has 8 heteroatoms. The SMILES string of the molecule is COc1ccc(NC(=S)NCc2ccccc2)cc1S(=O)(=O)N(C)C. The Morgan fingerprint density at radius 2 is 1.84 bits per heavy atom. The molecule has 0 fully saturated rings. The van der Waals surface area contributed by atoms with Crippen molar-refractivity contribution in [2.45, 2.75) is 11.4 Å². The smallest absolute Gasteiger partial charge is 0.246 e. The van der Waals surface area contributed by atoms with Gasteiger partial charge in [-0.05, 0) is 36.0 Å². The number of ether oxygens (including phenoxy) is 1. The van der Waals surface area contributed by atoms with E-state index in [1.807, 2.05) is 30.3 Å². The zero-order valence-corrected chi connectivity index (χ0v) is 15.9. The maximum Gasteiger partial charge on any atom is 0.246 e. The predicted molar refractivity (Wildman–Crippen MR) is 103 cm³/mol. The topological polar surface area (TPSA) is 70.7 Å². The fraction of sp³-hybridized carbons (Fsp3) is 0.235. The van der Waals surface area contributed by atoms with Crippen molar-refractivity contribution < 1.29 is 13.2 Å². The lowest BCUT2D eigenvalue weighted by molar-refractivity contribution is 0.400.